The molecule has 0 spiro atoms. The summed E-state index contributed by atoms with van der Waals surface area (Å²) in [6.07, 6.45) is 2.62. The van der Waals surface area contributed by atoms with Gasteiger partial charge in [-0.3, -0.25) is 4.79 Å². The molecule has 0 radical (unpaired) electrons. The van der Waals surface area contributed by atoms with Crippen LogP contribution in [-0.4, -0.2) is 0 Å². The van der Waals surface area contributed by atoms with E-state index in [4.69, 9.17) is 4.42 Å². The normalized spacial score (nSPS) is 12.6. The van der Waals surface area contributed by atoms with Crippen molar-refractivity contribution < 1.29 is 8.81 Å². The fraction of sp³-hybridized carbons (Fsp3) is 0.105. The zero-order valence-electron chi connectivity index (χ0n) is 11.8. The summed E-state index contributed by atoms with van der Waals surface area (Å²) < 4.78 is 19.7. The second-order valence-corrected chi connectivity index (χ2v) is 5.41. The second-order valence-electron chi connectivity index (χ2n) is 5.41. The largest absolute Gasteiger partial charge is 0.468 e. The van der Waals surface area contributed by atoms with Crippen molar-refractivity contribution in [1.82, 2.24) is 0 Å². The van der Waals surface area contributed by atoms with Crippen LogP contribution in [0.25, 0.3) is 22.3 Å². The van der Waals surface area contributed by atoms with Crippen LogP contribution >= 0.6 is 0 Å². The van der Waals surface area contributed by atoms with Crippen molar-refractivity contribution in [2.45, 2.75) is 12.8 Å². The molecule has 0 saturated carbocycles. The average molecular weight is 292 g/mol. The van der Waals surface area contributed by atoms with E-state index in [1.807, 2.05) is 30.3 Å². The van der Waals surface area contributed by atoms with Gasteiger partial charge in [-0.05, 0) is 29.2 Å². The maximum absolute atomic E-state index is 14.0. The quantitative estimate of drug-likeness (QED) is 0.672. The van der Waals surface area contributed by atoms with E-state index in [9.17, 15) is 9.18 Å². The third-order valence-corrected chi connectivity index (χ3v) is 4.14. The van der Waals surface area contributed by atoms with Gasteiger partial charge in [-0.15, -0.1) is 0 Å². The van der Waals surface area contributed by atoms with E-state index in [0.717, 1.165) is 5.56 Å². The number of halogens is 1. The highest BCUT2D eigenvalue weighted by atomic mass is 19.1. The van der Waals surface area contributed by atoms with Gasteiger partial charge in [0.15, 0.2) is 0 Å². The monoisotopic (exact) mass is 292 g/mol. The fourth-order valence-electron chi connectivity index (χ4n) is 3.06. The summed E-state index contributed by atoms with van der Waals surface area (Å²) >= 11 is 0. The van der Waals surface area contributed by atoms with E-state index in [0.29, 0.717) is 40.9 Å². The molecule has 4 rings (SSSR count). The lowest BCUT2D eigenvalue weighted by Gasteiger charge is -2.19. The second kappa shape index (κ2) is 4.95. The predicted molar refractivity (Wildman–Crippen MR) is 83.2 cm³/mol. The summed E-state index contributed by atoms with van der Waals surface area (Å²) in [7, 11) is 0. The summed E-state index contributed by atoms with van der Waals surface area (Å²) in [4.78, 5) is 12.9. The Hall–Kier alpha value is -2.68. The lowest BCUT2D eigenvalue weighted by atomic mass is 9.87. The van der Waals surface area contributed by atoms with Gasteiger partial charge < -0.3 is 4.42 Å². The Morgan fingerprint density at radius 3 is 2.55 bits per heavy atom. The SMILES string of the molecule is O=c1c(-c2ccccc2)coc2c1-c1cccc(F)c1CC2. The molecule has 2 aromatic carbocycles. The van der Waals surface area contributed by atoms with Crippen molar-refractivity contribution in [2.24, 2.45) is 0 Å². The highest BCUT2D eigenvalue weighted by Crippen LogP contribution is 2.34. The third-order valence-electron chi connectivity index (χ3n) is 4.14. The van der Waals surface area contributed by atoms with Gasteiger partial charge in [0.05, 0.1) is 11.1 Å². The Kier molecular flexibility index (Phi) is 2.93. The summed E-state index contributed by atoms with van der Waals surface area (Å²) in [6.45, 7) is 0. The Morgan fingerprint density at radius 1 is 0.909 bits per heavy atom. The molecule has 0 bridgehead atoms. The molecule has 0 unspecified atom stereocenters. The Labute approximate surface area is 126 Å². The van der Waals surface area contributed by atoms with Gasteiger partial charge in [0.25, 0.3) is 0 Å². The molecule has 0 saturated heterocycles. The van der Waals surface area contributed by atoms with Crippen molar-refractivity contribution in [1.29, 1.82) is 0 Å². The summed E-state index contributed by atoms with van der Waals surface area (Å²) in [5.41, 5.74) is 2.99. The maximum Gasteiger partial charge on any atom is 0.200 e. The van der Waals surface area contributed by atoms with Gasteiger partial charge in [0.2, 0.25) is 5.43 Å². The van der Waals surface area contributed by atoms with Gasteiger partial charge in [-0.2, -0.15) is 0 Å². The number of fused-ring (bicyclic) bond motifs is 3. The van der Waals surface area contributed by atoms with Crippen LogP contribution in [-0.2, 0) is 12.8 Å². The van der Waals surface area contributed by atoms with Gasteiger partial charge in [0, 0.05) is 6.42 Å². The maximum atomic E-state index is 14.0. The number of hydrogen-bond acceptors (Lipinski definition) is 2. The van der Waals surface area contributed by atoms with Gasteiger partial charge in [-0.1, -0.05) is 42.5 Å². The first-order valence-electron chi connectivity index (χ1n) is 7.23. The molecule has 0 amide bonds. The van der Waals surface area contributed by atoms with Gasteiger partial charge in [0.1, 0.15) is 17.8 Å². The highest BCUT2D eigenvalue weighted by Gasteiger charge is 2.24. The molecule has 3 aromatic rings. The minimum absolute atomic E-state index is 0.0981. The minimum Gasteiger partial charge on any atom is -0.468 e. The molecule has 1 aliphatic carbocycles. The molecule has 108 valence electrons. The van der Waals surface area contributed by atoms with Crippen LogP contribution in [0.15, 0.2) is 64.0 Å². The summed E-state index contributed by atoms with van der Waals surface area (Å²) in [5.74, 6) is 0.385. The molecule has 1 aromatic heterocycles. The third kappa shape index (κ3) is 1.90. The van der Waals surface area contributed by atoms with Crippen LogP contribution in [0, 0.1) is 5.82 Å². The standard InChI is InChI=1S/C19H13FO2/c20-16-8-4-7-14-13(16)9-10-17-18(14)19(21)15(11-22-17)12-5-2-1-3-6-12/h1-8,11H,9-10H2. The summed E-state index contributed by atoms with van der Waals surface area (Å²) in [6, 6.07) is 14.3. The van der Waals surface area contributed by atoms with Crippen LogP contribution in [0.1, 0.15) is 11.3 Å². The molecule has 22 heavy (non-hydrogen) atoms. The zero-order chi connectivity index (χ0) is 15.1. The van der Waals surface area contributed by atoms with Crippen LogP contribution in [0.5, 0.6) is 0 Å². The zero-order valence-corrected chi connectivity index (χ0v) is 11.8. The molecular weight excluding hydrogens is 279 g/mol. The van der Waals surface area contributed by atoms with Crippen molar-refractivity contribution in [3.63, 3.8) is 0 Å². The Morgan fingerprint density at radius 2 is 1.73 bits per heavy atom. The van der Waals surface area contributed by atoms with Crippen LogP contribution < -0.4 is 5.43 Å². The fourth-order valence-corrected chi connectivity index (χ4v) is 3.06. The smallest absolute Gasteiger partial charge is 0.200 e. The van der Waals surface area contributed by atoms with E-state index in [-0.39, 0.29) is 11.2 Å². The molecule has 1 heterocycles. The first-order valence-corrected chi connectivity index (χ1v) is 7.23. The van der Waals surface area contributed by atoms with Crippen molar-refractivity contribution in [3.05, 3.63) is 82.2 Å². The molecule has 0 fully saturated rings. The van der Waals surface area contributed by atoms with Crippen molar-refractivity contribution in [3.8, 4) is 22.3 Å². The summed E-state index contributed by atoms with van der Waals surface area (Å²) in [5, 5.41) is 0. The minimum atomic E-state index is -0.257. The van der Waals surface area contributed by atoms with Crippen LogP contribution in [0.2, 0.25) is 0 Å². The lowest BCUT2D eigenvalue weighted by Crippen LogP contribution is -2.16. The van der Waals surface area contributed by atoms with Crippen molar-refractivity contribution >= 4 is 0 Å². The Balaban J connectivity index is 2.01. The first-order chi connectivity index (χ1) is 10.8. The average Bonchev–Trinajstić information content (AvgIpc) is 2.56. The molecule has 1 aliphatic rings. The van der Waals surface area contributed by atoms with E-state index in [1.165, 1.54) is 12.3 Å². The van der Waals surface area contributed by atoms with Gasteiger partial charge >= 0.3 is 0 Å². The number of aryl methyl sites for hydroxylation is 1. The molecule has 2 nitrogen and oxygen atoms in total. The predicted octanol–water partition coefficient (Wildman–Crippen LogP) is 4.21. The van der Waals surface area contributed by atoms with Crippen molar-refractivity contribution in [2.75, 3.05) is 0 Å². The van der Waals surface area contributed by atoms with Gasteiger partial charge in [-0.25, -0.2) is 4.39 Å². The highest BCUT2D eigenvalue weighted by molar-refractivity contribution is 5.76. The lowest BCUT2D eigenvalue weighted by molar-refractivity contribution is 0.487. The van der Waals surface area contributed by atoms with E-state index < -0.39 is 0 Å². The topological polar surface area (TPSA) is 30.2 Å². The first kappa shape index (κ1) is 13.0. The molecular formula is C19H13FO2. The van der Waals surface area contributed by atoms with E-state index in [1.54, 1.807) is 12.1 Å². The van der Waals surface area contributed by atoms with Crippen LogP contribution in [0.4, 0.5) is 4.39 Å². The number of benzene rings is 2. The molecule has 0 atom stereocenters. The van der Waals surface area contributed by atoms with Crippen LogP contribution in [0.3, 0.4) is 0 Å². The van der Waals surface area contributed by atoms with E-state index in [2.05, 4.69) is 0 Å². The Bertz CT molecular complexity index is 910. The molecule has 3 heteroatoms. The number of rotatable bonds is 1. The van der Waals surface area contributed by atoms with E-state index >= 15 is 0 Å². The molecule has 0 aliphatic heterocycles. The molecule has 0 N–H and O–H groups in total. The number of hydrogen-bond donors (Lipinski definition) is 0.